The van der Waals surface area contributed by atoms with Crippen LogP contribution in [0.2, 0.25) is 0 Å². The second-order valence-corrected chi connectivity index (χ2v) is 5.15. The molecule has 5 heteroatoms. The molecule has 1 N–H and O–H groups in total. The van der Waals surface area contributed by atoms with Crippen LogP contribution < -0.4 is 5.32 Å². The van der Waals surface area contributed by atoms with Crippen LogP contribution in [0, 0.1) is 10.1 Å². The highest BCUT2D eigenvalue weighted by Crippen LogP contribution is 2.12. The van der Waals surface area contributed by atoms with Crippen molar-refractivity contribution in [2.75, 3.05) is 6.54 Å². The molecule has 0 radical (unpaired) electrons. The average molecular weight is 288 g/mol. The Morgan fingerprint density at radius 3 is 2.62 bits per heavy atom. The second-order valence-electron chi connectivity index (χ2n) is 5.15. The summed E-state index contributed by atoms with van der Waals surface area (Å²) in [6, 6.07) is 11.0. The van der Waals surface area contributed by atoms with Crippen LogP contribution in [0.5, 0.6) is 0 Å². The van der Waals surface area contributed by atoms with Gasteiger partial charge < -0.3 is 9.73 Å². The fraction of sp³-hybridized carbons (Fsp3) is 0.375. The van der Waals surface area contributed by atoms with Crippen LogP contribution in [-0.2, 0) is 12.8 Å². The van der Waals surface area contributed by atoms with E-state index in [2.05, 4.69) is 12.2 Å². The van der Waals surface area contributed by atoms with Gasteiger partial charge in [0.1, 0.15) is 5.76 Å². The van der Waals surface area contributed by atoms with E-state index in [4.69, 9.17) is 4.42 Å². The Kier molecular flexibility index (Phi) is 5.51. The molecule has 0 aliphatic rings. The van der Waals surface area contributed by atoms with Gasteiger partial charge in [-0.05, 0) is 44.0 Å². The van der Waals surface area contributed by atoms with E-state index in [1.807, 2.05) is 24.3 Å². The maximum atomic E-state index is 10.6. The van der Waals surface area contributed by atoms with Gasteiger partial charge in [0, 0.05) is 24.6 Å². The van der Waals surface area contributed by atoms with E-state index in [9.17, 15) is 10.1 Å². The first-order valence-electron chi connectivity index (χ1n) is 7.14. The molecule has 0 aliphatic carbocycles. The van der Waals surface area contributed by atoms with Gasteiger partial charge in [0.15, 0.2) is 0 Å². The molecule has 1 aromatic heterocycles. The van der Waals surface area contributed by atoms with Crippen molar-refractivity contribution in [3.05, 3.63) is 64.1 Å². The number of nitrogens with zero attached hydrogens (tertiary/aromatic N) is 1. The standard InChI is InChI=1S/C16H20N2O3/c1-13(4-9-16-3-2-12-21-16)17-11-10-14-5-7-15(8-6-14)18(19)20/h2-3,5-8,12-13,17H,4,9-11H2,1H3. The molecule has 5 nitrogen and oxygen atoms in total. The summed E-state index contributed by atoms with van der Waals surface area (Å²) < 4.78 is 5.31. The third-order valence-corrected chi connectivity index (χ3v) is 3.46. The molecule has 0 bridgehead atoms. The number of rotatable bonds is 8. The molecule has 1 unspecified atom stereocenters. The number of hydrogen-bond donors (Lipinski definition) is 1. The third kappa shape index (κ3) is 5.04. The number of benzene rings is 1. The first-order valence-corrected chi connectivity index (χ1v) is 7.14. The van der Waals surface area contributed by atoms with Gasteiger partial charge in [-0.3, -0.25) is 10.1 Å². The minimum Gasteiger partial charge on any atom is -0.469 e. The summed E-state index contributed by atoms with van der Waals surface area (Å²) in [5, 5.41) is 14.0. The highest BCUT2D eigenvalue weighted by molar-refractivity contribution is 5.32. The van der Waals surface area contributed by atoms with Crippen molar-refractivity contribution in [2.24, 2.45) is 0 Å². The first-order chi connectivity index (χ1) is 10.1. The van der Waals surface area contributed by atoms with Crippen molar-refractivity contribution >= 4 is 5.69 Å². The monoisotopic (exact) mass is 288 g/mol. The highest BCUT2D eigenvalue weighted by atomic mass is 16.6. The van der Waals surface area contributed by atoms with Gasteiger partial charge in [0.05, 0.1) is 11.2 Å². The number of aryl methyl sites for hydroxylation is 1. The van der Waals surface area contributed by atoms with E-state index >= 15 is 0 Å². The molecule has 0 aliphatic heterocycles. The van der Waals surface area contributed by atoms with Crippen LogP contribution in [0.3, 0.4) is 0 Å². The smallest absolute Gasteiger partial charge is 0.269 e. The first kappa shape index (κ1) is 15.3. The van der Waals surface area contributed by atoms with Crippen LogP contribution in [-0.4, -0.2) is 17.5 Å². The molecular formula is C16H20N2O3. The second kappa shape index (κ2) is 7.59. The van der Waals surface area contributed by atoms with Crippen LogP contribution in [0.15, 0.2) is 47.1 Å². The Hall–Kier alpha value is -2.14. The Morgan fingerprint density at radius 2 is 2.00 bits per heavy atom. The van der Waals surface area contributed by atoms with Gasteiger partial charge in [-0.2, -0.15) is 0 Å². The van der Waals surface area contributed by atoms with Gasteiger partial charge in [-0.15, -0.1) is 0 Å². The summed E-state index contributed by atoms with van der Waals surface area (Å²) in [6.45, 7) is 3.01. The fourth-order valence-electron chi connectivity index (χ4n) is 2.16. The lowest BCUT2D eigenvalue weighted by atomic mass is 10.1. The number of hydrogen-bond acceptors (Lipinski definition) is 4. The highest BCUT2D eigenvalue weighted by Gasteiger charge is 2.05. The van der Waals surface area contributed by atoms with E-state index in [0.717, 1.165) is 37.1 Å². The molecular weight excluding hydrogens is 268 g/mol. The molecule has 2 rings (SSSR count). The Labute approximate surface area is 124 Å². The Bertz CT molecular complexity index is 549. The lowest BCUT2D eigenvalue weighted by Gasteiger charge is -2.12. The molecule has 1 heterocycles. The van der Waals surface area contributed by atoms with Gasteiger partial charge in [-0.1, -0.05) is 12.1 Å². The zero-order valence-electron chi connectivity index (χ0n) is 12.1. The summed E-state index contributed by atoms with van der Waals surface area (Å²) in [5.41, 5.74) is 1.24. The third-order valence-electron chi connectivity index (χ3n) is 3.46. The van der Waals surface area contributed by atoms with Crippen molar-refractivity contribution in [3.63, 3.8) is 0 Å². The van der Waals surface area contributed by atoms with E-state index in [-0.39, 0.29) is 10.6 Å². The van der Waals surface area contributed by atoms with Crippen LogP contribution in [0.1, 0.15) is 24.7 Å². The van der Waals surface area contributed by atoms with Gasteiger partial charge >= 0.3 is 0 Å². The number of furan rings is 1. The zero-order chi connectivity index (χ0) is 15.1. The van der Waals surface area contributed by atoms with Crippen LogP contribution >= 0.6 is 0 Å². The molecule has 112 valence electrons. The minimum absolute atomic E-state index is 0.138. The summed E-state index contributed by atoms with van der Waals surface area (Å²) in [7, 11) is 0. The molecule has 0 saturated carbocycles. The van der Waals surface area contributed by atoms with Crippen molar-refractivity contribution in [1.82, 2.24) is 5.32 Å². The maximum Gasteiger partial charge on any atom is 0.269 e. The normalized spacial score (nSPS) is 12.2. The number of nitro groups is 1. The van der Waals surface area contributed by atoms with Crippen LogP contribution in [0.4, 0.5) is 5.69 Å². The predicted octanol–water partition coefficient (Wildman–Crippen LogP) is 3.34. The largest absolute Gasteiger partial charge is 0.469 e. The fourth-order valence-corrected chi connectivity index (χ4v) is 2.16. The molecule has 0 saturated heterocycles. The number of nitro benzene ring substituents is 1. The molecule has 21 heavy (non-hydrogen) atoms. The van der Waals surface area contributed by atoms with Crippen molar-refractivity contribution in [1.29, 1.82) is 0 Å². The number of non-ortho nitro benzene ring substituents is 1. The topological polar surface area (TPSA) is 68.3 Å². The van der Waals surface area contributed by atoms with E-state index < -0.39 is 0 Å². The molecule has 0 spiro atoms. The van der Waals surface area contributed by atoms with Crippen molar-refractivity contribution in [3.8, 4) is 0 Å². The van der Waals surface area contributed by atoms with Crippen LogP contribution in [0.25, 0.3) is 0 Å². The minimum atomic E-state index is -0.376. The lowest BCUT2D eigenvalue weighted by Crippen LogP contribution is -2.28. The van der Waals surface area contributed by atoms with Gasteiger partial charge in [0.2, 0.25) is 0 Å². The van der Waals surface area contributed by atoms with Crippen molar-refractivity contribution in [2.45, 2.75) is 32.2 Å². The average Bonchev–Trinajstić information content (AvgIpc) is 2.99. The molecule has 2 aromatic rings. The summed E-state index contributed by atoms with van der Waals surface area (Å²) in [5.74, 6) is 1.01. The van der Waals surface area contributed by atoms with Gasteiger partial charge in [0.25, 0.3) is 5.69 Å². The molecule has 1 atom stereocenters. The maximum absolute atomic E-state index is 10.6. The lowest BCUT2D eigenvalue weighted by molar-refractivity contribution is -0.384. The molecule has 1 aromatic carbocycles. The van der Waals surface area contributed by atoms with Gasteiger partial charge in [-0.25, -0.2) is 0 Å². The van der Waals surface area contributed by atoms with E-state index in [0.29, 0.717) is 6.04 Å². The molecule has 0 amide bonds. The Balaban J connectivity index is 1.67. The quantitative estimate of drug-likeness (QED) is 0.597. The summed E-state index contributed by atoms with van der Waals surface area (Å²) >= 11 is 0. The van der Waals surface area contributed by atoms with Crippen molar-refractivity contribution < 1.29 is 9.34 Å². The predicted molar refractivity (Wildman–Crippen MR) is 81.3 cm³/mol. The zero-order valence-corrected chi connectivity index (χ0v) is 12.1. The van der Waals surface area contributed by atoms with E-state index in [1.165, 1.54) is 0 Å². The molecule has 0 fully saturated rings. The van der Waals surface area contributed by atoms with E-state index in [1.54, 1.807) is 18.4 Å². The summed E-state index contributed by atoms with van der Waals surface area (Å²) in [6.07, 6.45) is 4.51. The number of nitrogens with one attached hydrogen (secondary N) is 1. The SMILES string of the molecule is CC(CCc1ccco1)NCCc1ccc([N+](=O)[O-])cc1. The summed E-state index contributed by atoms with van der Waals surface area (Å²) in [4.78, 5) is 10.2. The Morgan fingerprint density at radius 1 is 1.24 bits per heavy atom.